The largest absolute Gasteiger partial charge is 0.493 e. The van der Waals surface area contributed by atoms with Gasteiger partial charge in [-0.25, -0.2) is 0 Å². The second-order valence-electron chi connectivity index (χ2n) is 7.15. The van der Waals surface area contributed by atoms with E-state index in [9.17, 15) is 4.79 Å². The summed E-state index contributed by atoms with van der Waals surface area (Å²) in [7, 11) is 3.26. The van der Waals surface area contributed by atoms with Crippen LogP contribution in [0, 0.1) is 0 Å². The number of hydrogen-bond acceptors (Lipinski definition) is 5. The number of benzene rings is 2. The van der Waals surface area contributed by atoms with E-state index in [4.69, 9.17) is 18.9 Å². The molecular weight excluding hydrogens is 370 g/mol. The Balaban J connectivity index is 1.62. The van der Waals surface area contributed by atoms with Gasteiger partial charge in [0.05, 0.1) is 27.2 Å². The van der Waals surface area contributed by atoms with Gasteiger partial charge in [-0.1, -0.05) is 24.3 Å². The van der Waals surface area contributed by atoms with Gasteiger partial charge in [0.1, 0.15) is 5.75 Å². The van der Waals surface area contributed by atoms with E-state index in [-0.39, 0.29) is 11.3 Å². The fraction of sp³-hybridized carbons (Fsp3) is 0.435. The van der Waals surface area contributed by atoms with E-state index in [2.05, 4.69) is 11.4 Å². The number of nitrogens with one attached hydrogen (secondary N) is 1. The lowest BCUT2D eigenvalue weighted by Crippen LogP contribution is -2.44. The van der Waals surface area contributed by atoms with E-state index in [0.29, 0.717) is 44.3 Å². The van der Waals surface area contributed by atoms with Crippen molar-refractivity contribution < 1.29 is 23.7 Å². The molecule has 1 heterocycles. The Bertz CT molecular complexity index is 787. The van der Waals surface area contributed by atoms with Crippen molar-refractivity contribution in [2.24, 2.45) is 0 Å². The first-order valence-corrected chi connectivity index (χ1v) is 9.92. The first-order valence-electron chi connectivity index (χ1n) is 9.92. The van der Waals surface area contributed by atoms with Crippen molar-refractivity contribution in [3.8, 4) is 17.2 Å². The molecule has 29 heavy (non-hydrogen) atoms. The summed E-state index contributed by atoms with van der Waals surface area (Å²) < 4.78 is 22.0. The van der Waals surface area contributed by atoms with Crippen molar-refractivity contribution >= 4 is 5.91 Å². The molecule has 1 aliphatic heterocycles. The Morgan fingerprint density at radius 1 is 1.03 bits per heavy atom. The summed E-state index contributed by atoms with van der Waals surface area (Å²) in [6.45, 7) is 2.24. The van der Waals surface area contributed by atoms with Crippen LogP contribution in [-0.2, 0) is 14.9 Å². The maximum absolute atomic E-state index is 12.4. The standard InChI is InChI=1S/C23H29NO5/c1-26-20-9-8-18(16-21(20)27-2)23(11-14-28-15-12-23)17-24-22(25)10-13-29-19-6-4-3-5-7-19/h3-9,16H,10-15,17H2,1-2H3,(H,24,25). The van der Waals surface area contributed by atoms with E-state index in [0.717, 1.165) is 24.2 Å². The predicted octanol–water partition coefficient (Wildman–Crippen LogP) is 3.34. The number of methoxy groups -OCH3 is 2. The molecule has 0 atom stereocenters. The van der Waals surface area contributed by atoms with Crippen molar-refractivity contribution in [1.29, 1.82) is 0 Å². The summed E-state index contributed by atoms with van der Waals surface area (Å²) in [4.78, 5) is 12.4. The second-order valence-corrected chi connectivity index (χ2v) is 7.15. The topological polar surface area (TPSA) is 66.0 Å². The summed E-state index contributed by atoms with van der Waals surface area (Å²) in [6.07, 6.45) is 1.99. The van der Waals surface area contributed by atoms with Crippen molar-refractivity contribution in [3.05, 3.63) is 54.1 Å². The van der Waals surface area contributed by atoms with Crippen LogP contribution in [0.3, 0.4) is 0 Å². The van der Waals surface area contributed by atoms with Crippen LogP contribution in [0.2, 0.25) is 0 Å². The molecule has 0 bridgehead atoms. The van der Waals surface area contributed by atoms with Gasteiger partial charge >= 0.3 is 0 Å². The van der Waals surface area contributed by atoms with Crippen molar-refractivity contribution in [2.45, 2.75) is 24.7 Å². The molecule has 1 amide bonds. The van der Waals surface area contributed by atoms with Crippen molar-refractivity contribution in [3.63, 3.8) is 0 Å². The number of amides is 1. The molecule has 3 rings (SSSR count). The van der Waals surface area contributed by atoms with Crippen LogP contribution in [-0.4, -0.2) is 46.5 Å². The molecular formula is C23H29NO5. The van der Waals surface area contributed by atoms with Crippen LogP contribution < -0.4 is 19.5 Å². The summed E-state index contributed by atoms with van der Waals surface area (Å²) in [5.41, 5.74) is 0.938. The molecule has 2 aromatic carbocycles. The quantitative estimate of drug-likeness (QED) is 0.701. The Labute approximate surface area is 172 Å². The fourth-order valence-electron chi connectivity index (χ4n) is 3.63. The number of rotatable bonds is 9. The first-order chi connectivity index (χ1) is 14.2. The average Bonchev–Trinajstić information content (AvgIpc) is 2.78. The van der Waals surface area contributed by atoms with Crippen LogP contribution in [0.1, 0.15) is 24.8 Å². The smallest absolute Gasteiger partial charge is 0.223 e. The lowest BCUT2D eigenvalue weighted by Gasteiger charge is -2.38. The molecule has 1 fully saturated rings. The first kappa shape index (κ1) is 21.0. The minimum Gasteiger partial charge on any atom is -0.493 e. The van der Waals surface area contributed by atoms with Crippen LogP contribution in [0.15, 0.2) is 48.5 Å². The van der Waals surface area contributed by atoms with Gasteiger partial charge in [0.2, 0.25) is 5.91 Å². The highest BCUT2D eigenvalue weighted by Crippen LogP contribution is 2.38. The lowest BCUT2D eigenvalue weighted by molar-refractivity contribution is -0.122. The summed E-state index contributed by atoms with van der Waals surface area (Å²) in [5.74, 6) is 2.14. The molecule has 0 radical (unpaired) electrons. The molecule has 1 aliphatic rings. The highest BCUT2D eigenvalue weighted by molar-refractivity contribution is 5.76. The number of carbonyl (C=O) groups excluding carboxylic acids is 1. The van der Waals surface area contributed by atoms with Crippen LogP contribution in [0.5, 0.6) is 17.2 Å². The Hall–Kier alpha value is -2.73. The zero-order valence-electron chi connectivity index (χ0n) is 17.1. The molecule has 6 heteroatoms. The minimum atomic E-state index is -0.187. The van der Waals surface area contributed by atoms with E-state index < -0.39 is 0 Å². The highest BCUT2D eigenvalue weighted by Gasteiger charge is 2.35. The van der Waals surface area contributed by atoms with Crippen LogP contribution in [0.4, 0.5) is 0 Å². The lowest BCUT2D eigenvalue weighted by atomic mass is 9.74. The molecule has 1 saturated heterocycles. The van der Waals surface area contributed by atoms with Gasteiger partial charge in [0.25, 0.3) is 0 Å². The maximum Gasteiger partial charge on any atom is 0.223 e. The molecule has 0 spiro atoms. The monoisotopic (exact) mass is 399 g/mol. The average molecular weight is 399 g/mol. The van der Waals surface area contributed by atoms with Crippen molar-refractivity contribution in [2.75, 3.05) is 40.6 Å². The predicted molar refractivity (Wildman–Crippen MR) is 111 cm³/mol. The third-order valence-corrected chi connectivity index (χ3v) is 5.41. The minimum absolute atomic E-state index is 0.0210. The van der Waals surface area contributed by atoms with Gasteiger partial charge < -0.3 is 24.3 Å². The Morgan fingerprint density at radius 2 is 1.76 bits per heavy atom. The Morgan fingerprint density at radius 3 is 2.45 bits per heavy atom. The molecule has 2 aromatic rings. The third-order valence-electron chi connectivity index (χ3n) is 5.41. The second kappa shape index (κ2) is 10.2. The molecule has 6 nitrogen and oxygen atoms in total. The SMILES string of the molecule is COc1ccc(C2(CNC(=O)CCOc3ccccc3)CCOCC2)cc1OC. The zero-order valence-corrected chi connectivity index (χ0v) is 17.1. The van der Waals surface area contributed by atoms with Crippen LogP contribution in [0.25, 0.3) is 0 Å². The van der Waals surface area contributed by atoms with Gasteiger partial charge in [0, 0.05) is 25.2 Å². The number of hydrogen-bond donors (Lipinski definition) is 1. The van der Waals surface area contributed by atoms with Gasteiger partial charge in [-0.15, -0.1) is 0 Å². The molecule has 0 saturated carbocycles. The molecule has 0 aromatic heterocycles. The highest BCUT2D eigenvalue weighted by atomic mass is 16.5. The third kappa shape index (κ3) is 5.41. The summed E-state index contributed by atoms with van der Waals surface area (Å²) >= 11 is 0. The van der Waals surface area contributed by atoms with Gasteiger partial charge in [-0.2, -0.15) is 0 Å². The molecule has 0 unspecified atom stereocenters. The molecule has 156 valence electrons. The van der Waals surface area contributed by atoms with Gasteiger partial charge in [-0.3, -0.25) is 4.79 Å². The van der Waals surface area contributed by atoms with Gasteiger partial charge in [0.15, 0.2) is 11.5 Å². The summed E-state index contributed by atoms with van der Waals surface area (Å²) in [5, 5.41) is 3.10. The van der Waals surface area contributed by atoms with Gasteiger partial charge in [-0.05, 0) is 42.7 Å². The molecule has 1 N–H and O–H groups in total. The van der Waals surface area contributed by atoms with E-state index >= 15 is 0 Å². The van der Waals surface area contributed by atoms with E-state index in [1.807, 2.05) is 42.5 Å². The van der Waals surface area contributed by atoms with Crippen molar-refractivity contribution in [1.82, 2.24) is 5.32 Å². The van der Waals surface area contributed by atoms with E-state index in [1.165, 1.54) is 0 Å². The zero-order chi connectivity index (χ0) is 20.5. The number of carbonyl (C=O) groups is 1. The maximum atomic E-state index is 12.4. The Kier molecular flexibility index (Phi) is 7.36. The van der Waals surface area contributed by atoms with E-state index in [1.54, 1.807) is 14.2 Å². The molecule has 0 aliphatic carbocycles. The normalized spacial score (nSPS) is 15.4. The number of ether oxygens (including phenoxy) is 4. The van der Waals surface area contributed by atoms with Crippen LogP contribution >= 0.6 is 0 Å². The number of para-hydroxylation sites is 1. The fourth-order valence-corrected chi connectivity index (χ4v) is 3.63. The summed E-state index contributed by atoms with van der Waals surface area (Å²) in [6, 6.07) is 15.5.